The number of nitrogen functional groups attached to an aromatic ring is 2. The lowest BCUT2D eigenvalue weighted by Crippen LogP contribution is -2.51. The van der Waals surface area contributed by atoms with Crippen molar-refractivity contribution in [3.05, 3.63) is 179 Å². The zero-order valence-electron chi connectivity index (χ0n) is 47.9. The minimum absolute atomic E-state index is 0.101. The van der Waals surface area contributed by atoms with Gasteiger partial charge in [-0.1, -0.05) is 121 Å². The summed E-state index contributed by atoms with van der Waals surface area (Å²) in [7, 11) is 3.00. The fourth-order valence-corrected chi connectivity index (χ4v) is 13.1. The summed E-state index contributed by atoms with van der Waals surface area (Å²) in [5.41, 5.74) is 24.8. The molecule has 2 unspecified atom stereocenters. The summed E-state index contributed by atoms with van der Waals surface area (Å²) >= 11 is 0. The number of fused-ring (bicyclic) bond motifs is 6. The predicted octanol–water partition coefficient (Wildman–Crippen LogP) is 10.3. The first-order valence-corrected chi connectivity index (χ1v) is 29.0. The molecule has 4 saturated heterocycles. The molecule has 85 heavy (non-hydrogen) atoms. The number of rotatable bonds is 18. The molecular formula is C67H70N6O12. The zero-order valence-corrected chi connectivity index (χ0v) is 47.9. The number of amides is 4. The van der Waals surface area contributed by atoms with Crippen LogP contribution in [0.15, 0.2) is 146 Å². The molecule has 4 amide bonds. The molecule has 2 aliphatic carbocycles. The number of benzene rings is 6. The molecule has 18 heteroatoms. The third-order valence-corrected chi connectivity index (χ3v) is 17.2. The van der Waals surface area contributed by atoms with Crippen molar-refractivity contribution < 1.29 is 57.1 Å². The summed E-state index contributed by atoms with van der Waals surface area (Å²) in [5, 5.41) is 0. The van der Waals surface area contributed by atoms with Gasteiger partial charge in [0.1, 0.15) is 13.2 Å². The Morgan fingerprint density at radius 1 is 0.506 bits per heavy atom. The van der Waals surface area contributed by atoms with Gasteiger partial charge in [-0.05, 0) is 88.7 Å². The van der Waals surface area contributed by atoms with Crippen molar-refractivity contribution >= 4 is 35.4 Å². The van der Waals surface area contributed by atoms with Crippen molar-refractivity contribution in [1.29, 1.82) is 0 Å². The van der Waals surface area contributed by atoms with Crippen molar-refractivity contribution in [2.24, 2.45) is 0 Å². The van der Waals surface area contributed by atoms with E-state index in [0.717, 1.165) is 62.1 Å². The van der Waals surface area contributed by atoms with Gasteiger partial charge in [-0.3, -0.25) is 19.4 Å². The van der Waals surface area contributed by atoms with Gasteiger partial charge in [-0.15, -0.1) is 0 Å². The first-order chi connectivity index (χ1) is 41.4. The van der Waals surface area contributed by atoms with E-state index in [1.807, 2.05) is 48.5 Å². The van der Waals surface area contributed by atoms with Crippen LogP contribution < -0.4 is 30.4 Å². The van der Waals surface area contributed by atoms with Gasteiger partial charge in [-0.2, -0.15) is 0 Å². The molecule has 4 heterocycles. The van der Waals surface area contributed by atoms with Crippen molar-refractivity contribution in [3.8, 4) is 45.3 Å². The number of likely N-dealkylation sites (tertiary alicyclic amines) is 2. The van der Waals surface area contributed by atoms with Crippen molar-refractivity contribution in [3.63, 3.8) is 0 Å². The summed E-state index contributed by atoms with van der Waals surface area (Å²) in [5.74, 6) is 0.551. The Kier molecular flexibility index (Phi) is 16.1. The van der Waals surface area contributed by atoms with Gasteiger partial charge in [-0.25, -0.2) is 9.59 Å². The maximum absolute atomic E-state index is 14.4. The van der Waals surface area contributed by atoms with Crippen LogP contribution in [0.5, 0.6) is 23.0 Å². The molecule has 0 saturated carbocycles. The van der Waals surface area contributed by atoms with Crippen LogP contribution in [0, 0.1) is 0 Å². The number of nitrogens with two attached hydrogens (primary N) is 2. The molecule has 4 atom stereocenters. The summed E-state index contributed by atoms with van der Waals surface area (Å²) in [6.45, 7) is 11.2. The van der Waals surface area contributed by atoms with Crippen LogP contribution >= 0.6 is 0 Å². The second-order valence-corrected chi connectivity index (χ2v) is 22.4. The van der Waals surface area contributed by atoms with Crippen LogP contribution in [0.3, 0.4) is 0 Å². The van der Waals surface area contributed by atoms with E-state index >= 15 is 0 Å². The topological polar surface area (TPSA) is 207 Å². The predicted molar refractivity (Wildman–Crippen MR) is 320 cm³/mol. The van der Waals surface area contributed by atoms with Crippen LogP contribution in [0.2, 0.25) is 0 Å². The van der Waals surface area contributed by atoms with E-state index in [0.29, 0.717) is 88.2 Å². The number of nitrogens with zero attached hydrogens (tertiary/aromatic N) is 4. The summed E-state index contributed by atoms with van der Waals surface area (Å²) < 4.78 is 48.2. The van der Waals surface area contributed by atoms with Crippen LogP contribution in [-0.4, -0.2) is 148 Å². The van der Waals surface area contributed by atoms with Crippen LogP contribution in [-0.2, 0) is 18.9 Å². The first kappa shape index (κ1) is 56.5. The van der Waals surface area contributed by atoms with E-state index < -0.39 is 36.7 Å². The van der Waals surface area contributed by atoms with Crippen LogP contribution in [0.25, 0.3) is 22.3 Å². The monoisotopic (exact) mass is 1150 g/mol. The molecule has 18 nitrogen and oxygen atoms in total. The molecule has 4 fully saturated rings. The number of unbranched alkanes of at least 4 members (excludes halogenated alkanes) is 2. The lowest BCUT2D eigenvalue weighted by molar-refractivity contribution is -0.0211. The SMILES string of the molecule is C=C1C[C@@H](C2OCCN2C(=O)OCC2c3ccccc3-c3ccccc32)N(C(=O)c2cc(OC)c(OCCCCCOc3cc(N)c(C(=O)N4CC(=C)C[C@H]4C4OCCN4C(=O)OCC4c5ccccc5-c5ccccc54)cc3OC)cc2N)C1. The Balaban J connectivity index is 0.618. The van der Waals surface area contributed by atoms with Gasteiger partial charge in [0, 0.05) is 48.4 Å². The fraction of sp³-hybridized carbons (Fsp3) is 0.343. The highest BCUT2D eigenvalue weighted by Gasteiger charge is 2.47. The van der Waals surface area contributed by atoms with E-state index in [4.69, 9.17) is 49.4 Å². The average Bonchev–Trinajstić information content (AvgIpc) is 3.66. The minimum Gasteiger partial charge on any atom is -0.493 e. The Morgan fingerprint density at radius 2 is 0.871 bits per heavy atom. The van der Waals surface area contributed by atoms with Crippen LogP contribution in [0.1, 0.15) is 86.9 Å². The van der Waals surface area contributed by atoms with E-state index in [2.05, 4.69) is 61.7 Å². The molecule has 6 aliphatic rings. The third kappa shape index (κ3) is 11.0. The number of hydrogen-bond acceptors (Lipinski definition) is 14. The molecule has 0 bridgehead atoms. The highest BCUT2D eigenvalue weighted by molar-refractivity contribution is 6.01. The zero-order chi connectivity index (χ0) is 58.9. The Morgan fingerprint density at radius 3 is 1.24 bits per heavy atom. The van der Waals surface area contributed by atoms with Crippen molar-refractivity contribution in [2.45, 2.75) is 68.5 Å². The van der Waals surface area contributed by atoms with Crippen molar-refractivity contribution in [2.75, 3.05) is 91.5 Å². The molecule has 12 rings (SSSR count). The van der Waals surface area contributed by atoms with Gasteiger partial charge in [0.05, 0.1) is 76.9 Å². The Bertz CT molecular complexity index is 3270. The second kappa shape index (κ2) is 24.3. The van der Waals surface area contributed by atoms with Gasteiger partial charge >= 0.3 is 12.2 Å². The van der Waals surface area contributed by atoms with Gasteiger partial charge in [0.25, 0.3) is 11.8 Å². The molecule has 0 spiro atoms. The molecular weight excluding hydrogens is 1080 g/mol. The maximum Gasteiger partial charge on any atom is 0.412 e. The fourth-order valence-electron chi connectivity index (χ4n) is 13.1. The quantitative estimate of drug-likeness (QED) is 0.0467. The molecule has 4 aliphatic heterocycles. The summed E-state index contributed by atoms with van der Waals surface area (Å²) in [4.78, 5) is 63.0. The number of hydrogen-bond donors (Lipinski definition) is 2. The molecule has 6 aromatic carbocycles. The normalized spacial score (nSPS) is 19.6. The standard InChI is InChI=1S/C67H70N6O12/c1-40-30-56(64-70(24-28-82-64)66(76)84-38-52-46-20-10-6-16-42(46)43-17-7-11-21-47(43)52)72(36-40)62(74)50-32-58(78-3)60(34-54(50)68)80-26-14-5-15-27-81-61-35-55(69)51(33-59(61)79-4)63(75)73-37-41(2)31-57(73)65-71(25-29-83-65)67(77)85-39-53-48-22-12-8-18-44(48)45-19-9-13-23-49(45)53/h6-13,16-23,32-35,52-53,56-57,64-65H,1-2,5,14-15,24-31,36-39,68-69H2,3-4H3/t56-,57-,64?,65?/m0/s1. The summed E-state index contributed by atoms with van der Waals surface area (Å²) in [6.07, 6.45) is 0.412. The van der Waals surface area contributed by atoms with Gasteiger partial charge < -0.3 is 59.2 Å². The van der Waals surface area contributed by atoms with E-state index in [1.165, 1.54) is 14.2 Å². The van der Waals surface area contributed by atoms with Gasteiger partial charge in [0.2, 0.25) is 0 Å². The van der Waals surface area contributed by atoms with Crippen LogP contribution in [0.4, 0.5) is 21.0 Å². The number of carbonyl (C=O) groups is 4. The number of methoxy groups -OCH3 is 2. The van der Waals surface area contributed by atoms with E-state index in [-0.39, 0.29) is 72.5 Å². The smallest absolute Gasteiger partial charge is 0.412 e. The molecule has 0 aromatic heterocycles. The number of carbonyl (C=O) groups excluding carboxylic acids is 4. The van der Waals surface area contributed by atoms with E-state index in [9.17, 15) is 19.2 Å². The molecule has 4 N–H and O–H groups in total. The summed E-state index contributed by atoms with van der Waals surface area (Å²) in [6, 6.07) is 38.1. The largest absolute Gasteiger partial charge is 0.493 e. The Labute approximate surface area is 494 Å². The van der Waals surface area contributed by atoms with E-state index in [1.54, 1.807) is 43.9 Å². The highest BCUT2D eigenvalue weighted by atomic mass is 16.6. The number of anilines is 2. The number of ether oxygens (including phenoxy) is 8. The van der Waals surface area contributed by atoms with Crippen molar-refractivity contribution in [1.82, 2.24) is 19.6 Å². The molecule has 6 aromatic rings. The Hall–Kier alpha value is -9.00. The lowest BCUT2D eigenvalue weighted by Gasteiger charge is -2.33. The third-order valence-electron chi connectivity index (χ3n) is 17.2. The lowest BCUT2D eigenvalue weighted by atomic mass is 9.98. The first-order valence-electron chi connectivity index (χ1n) is 29.0. The minimum atomic E-state index is -0.749. The second-order valence-electron chi connectivity index (χ2n) is 22.4. The average molecular weight is 1150 g/mol. The highest BCUT2D eigenvalue weighted by Crippen LogP contribution is 2.47. The van der Waals surface area contributed by atoms with Gasteiger partial charge in [0.15, 0.2) is 35.5 Å². The maximum atomic E-state index is 14.4. The molecule has 440 valence electrons. The molecule has 0 radical (unpaired) electrons.